The maximum atomic E-state index is 14.0. The van der Waals surface area contributed by atoms with Crippen LogP contribution in [0.1, 0.15) is 32.3 Å². The molecule has 0 radical (unpaired) electrons. The number of hydrogen-bond acceptors (Lipinski definition) is 5. The Kier molecular flexibility index (Phi) is 11.1. The van der Waals surface area contributed by atoms with Gasteiger partial charge in [0, 0.05) is 13.1 Å². The number of anilines is 1. The Balaban J connectivity index is 1.66. The maximum Gasteiger partial charge on any atom is 0.264 e. The first-order valence-corrected chi connectivity index (χ1v) is 15.9. The summed E-state index contributed by atoms with van der Waals surface area (Å²) in [6, 6.07) is 28.0. The monoisotopic (exact) mass is 617 g/mol. The van der Waals surface area contributed by atoms with Gasteiger partial charge in [-0.15, -0.1) is 0 Å². The number of halogens is 1. The van der Waals surface area contributed by atoms with Crippen LogP contribution in [0, 0.1) is 5.82 Å². The number of unbranched alkanes of at least 4 members (excludes halogenated alkanes) is 1. The molecule has 230 valence electrons. The lowest BCUT2D eigenvalue weighted by Gasteiger charge is -2.32. The SMILES string of the molecule is CCCCNC(=O)C(C)N(Cc1ccc(F)cc1)C(=O)CN(c1ccc(Oc2ccccc2)cc1)S(=O)(=O)c1ccccc1. The van der Waals surface area contributed by atoms with Crippen LogP contribution in [0.2, 0.25) is 0 Å². The van der Waals surface area contributed by atoms with E-state index in [-0.39, 0.29) is 23.0 Å². The second-order valence-electron chi connectivity index (χ2n) is 10.2. The Labute approximate surface area is 258 Å². The van der Waals surface area contributed by atoms with Gasteiger partial charge in [-0.3, -0.25) is 13.9 Å². The molecule has 4 aromatic carbocycles. The van der Waals surface area contributed by atoms with Gasteiger partial charge in [-0.2, -0.15) is 0 Å². The predicted molar refractivity (Wildman–Crippen MR) is 168 cm³/mol. The number of benzene rings is 4. The number of hydrogen-bond donors (Lipinski definition) is 1. The molecule has 0 bridgehead atoms. The van der Waals surface area contributed by atoms with Gasteiger partial charge in [0.25, 0.3) is 10.0 Å². The van der Waals surface area contributed by atoms with Crippen LogP contribution in [0.3, 0.4) is 0 Å². The van der Waals surface area contributed by atoms with E-state index in [2.05, 4.69) is 5.32 Å². The second-order valence-corrected chi connectivity index (χ2v) is 12.1. The van der Waals surface area contributed by atoms with E-state index in [0.717, 1.165) is 17.1 Å². The number of carbonyl (C=O) groups excluding carboxylic acids is 2. The predicted octanol–water partition coefficient (Wildman–Crippen LogP) is 6.15. The number of rotatable bonds is 14. The van der Waals surface area contributed by atoms with E-state index < -0.39 is 34.3 Å². The Bertz CT molecular complexity index is 1620. The summed E-state index contributed by atoms with van der Waals surface area (Å²) in [6.07, 6.45) is 1.66. The van der Waals surface area contributed by atoms with E-state index in [4.69, 9.17) is 4.74 Å². The van der Waals surface area contributed by atoms with Crippen molar-refractivity contribution < 1.29 is 27.1 Å². The summed E-state index contributed by atoms with van der Waals surface area (Å²) >= 11 is 0. The summed E-state index contributed by atoms with van der Waals surface area (Å²) in [5.74, 6) is -0.298. The lowest BCUT2D eigenvalue weighted by molar-refractivity contribution is -0.139. The standard InChI is InChI=1S/C34H36FN3O5S/c1-3-4-23-36-34(40)26(2)37(24-27-15-17-28(35)18-16-27)33(39)25-38(44(41,42)32-13-9-6-10-14-32)29-19-21-31(22-20-29)43-30-11-7-5-8-12-30/h5-22,26H,3-4,23-25H2,1-2H3,(H,36,40). The molecule has 0 aliphatic heterocycles. The summed E-state index contributed by atoms with van der Waals surface area (Å²) in [5.41, 5.74) is 0.831. The minimum atomic E-state index is -4.20. The third-order valence-electron chi connectivity index (χ3n) is 6.98. The third kappa shape index (κ3) is 8.44. The van der Waals surface area contributed by atoms with Crippen LogP contribution < -0.4 is 14.4 Å². The average Bonchev–Trinajstić information content (AvgIpc) is 3.04. The van der Waals surface area contributed by atoms with Crippen LogP contribution in [-0.2, 0) is 26.2 Å². The molecule has 2 amide bonds. The number of amides is 2. The molecular weight excluding hydrogens is 581 g/mol. The first kappa shape index (κ1) is 32.2. The van der Waals surface area contributed by atoms with Crippen LogP contribution in [-0.4, -0.2) is 44.3 Å². The van der Waals surface area contributed by atoms with Crippen molar-refractivity contribution in [1.82, 2.24) is 10.2 Å². The Morgan fingerprint density at radius 2 is 1.43 bits per heavy atom. The molecule has 4 aromatic rings. The van der Waals surface area contributed by atoms with Crippen LogP contribution >= 0.6 is 0 Å². The van der Waals surface area contributed by atoms with Gasteiger partial charge in [0.2, 0.25) is 11.8 Å². The Hall–Kier alpha value is -4.70. The van der Waals surface area contributed by atoms with Crippen molar-refractivity contribution in [1.29, 1.82) is 0 Å². The summed E-state index contributed by atoms with van der Waals surface area (Å²) in [6.45, 7) is 3.44. The van der Waals surface area contributed by atoms with Crippen LogP contribution in [0.4, 0.5) is 10.1 Å². The maximum absolute atomic E-state index is 14.0. The lowest BCUT2D eigenvalue weighted by Crippen LogP contribution is -2.51. The van der Waals surface area contributed by atoms with Gasteiger partial charge in [0.1, 0.15) is 29.9 Å². The fourth-order valence-electron chi connectivity index (χ4n) is 4.46. The zero-order valence-corrected chi connectivity index (χ0v) is 25.5. The normalized spacial score (nSPS) is 11.8. The lowest BCUT2D eigenvalue weighted by atomic mass is 10.1. The quantitative estimate of drug-likeness (QED) is 0.171. The van der Waals surface area contributed by atoms with Gasteiger partial charge in [0.15, 0.2) is 0 Å². The molecule has 4 rings (SSSR count). The first-order valence-electron chi connectivity index (χ1n) is 14.4. The highest BCUT2D eigenvalue weighted by Crippen LogP contribution is 2.28. The number of nitrogens with one attached hydrogen (secondary N) is 1. The summed E-state index contributed by atoms with van der Waals surface area (Å²) in [5, 5.41) is 2.84. The van der Waals surface area contributed by atoms with Gasteiger partial charge < -0.3 is 15.0 Å². The van der Waals surface area contributed by atoms with Crippen molar-refractivity contribution in [2.24, 2.45) is 0 Å². The summed E-state index contributed by atoms with van der Waals surface area (Å²) < 4.78 is 48.4. The number of para-hydroxylation sites is 1. The van der Waals surface area contributed by atoms with Crippen LogP contribution in [0.5, 0.6) is 11.5 Å². The fourth-order valence-corrected chi connectivity index (χ4v) is 5.89. The summed E-state index contributed by atoms with van der Waals surface area (Å²) in [7, 11) is -4.20. The molecule has 10 heteroatoms. The highest BCUT2D eigenvalue weighted by atomic mass is 32.2. The van der Waals surface area contributed by atoms with E-state index in [1.54, 1.807) is 61.5 Å². The molecule has 44 heavy (non-hydrogen) atoms. The number of carbonyl (C=O) groups is 2. The first-order chi connectivity index (χ1) is 21.2. The topological polar surface area (TPSA) is 96.0 Å². The van der Waals surface area contributed by atoms with E-state index in [9.17, 15) is 22.4 Å². The molecule has 0 saturated heterocycles. The van der Waals surface area contributed by atoms with Crippen LogP contribution in [0.25, 0.3) is 0 Å². The molecule has 0 spiro atoms. The third-order valence-corrected chi connectivity index (χ3v) is 8.76. The highest BCUT2D eigenvalue weighted by Gasteiger charge is 2.32. The van der Waals surface area contributed by atoms with Gasteiger partial charge >= 0.3 is 0 Å². The molecule has 1 N–H and O–H groups in total. The highest BCUT2D eigenvalue weighted by molar-refractivity contribution is 7.92. The summed E-state index contributed by atoms with van der Waals surface area (Å²) in [4.78, 5) is 28.4. The zero-order valence-electron chi connectivity index (χ0n) is 24.7. The molecule has 0 aliphatic rings. The minimum absolute atomic E-state index is 0.00727. The number of sulfonamides is 1. The van der Waals surface area contributed by atoms with Crippen molar-refractivity contribution in [3.05, 3.63) is 121 Å². The fraction of sp³-hybridized carbons (Fsp3) is 0.235. The van der Waals surface area contributed by atoms with Crippen molar-refractivity contribution in [3.8, 4) is 11.5 Å². The Morgan fingerprint density at radius 3 is 2.05 bits per heavy atom. The molecular formula is C34H36FN3O5S. The molecule has 0 saturated carbocycles. The molecule has 0 aromatic heterocycles. The largest absolute Gasteiger partial charge is 0.457 e. The van der Waals surface area contributed by atoms with E-state index in [0.29, 0.717) is 23.6 Å². The van der Waals surface area contributed by atoms with Gasteiger partial charge in [-0.1, -0.05) is 61.9 Å². The van der Waals surface area contributed by atoms with E-state index >= 15 is 0 Å². The molecule has 1 atom stereocenters. The molecule has 1 unspecified atom stereocenters. The second kappa shape index (κ2) is 15.2. The molecule has 8 nitrogen and oxygen atoms in total. The number of ether oxygens (including phenoxy) is 1. The van der Waals surface area contributed by atoms with E-state index in [1.807, 2.05) is 25.1 Å². The Morgan fingerprint density at radius 1 is 0.841 bits per heavy atom. The van der Waals surface area contributed by atoms with Crippen LogP contribution in [0.15, 0.2) is 114 Å². The van der Waals surface area contributed by atoms with Gasteiger partial charge in [-0.05, 0) is 79.6 Å². The van der Waals surface area contributed by atoms with Crippen molar-refractivity contribution in [3.63, 3.8) is 0 Å². The number of nitrogens with zero attached hydrogens (tertiary/aromatic N) is 2. The van der Waals surface area contributed by atoms with Gasteiger partial charge in [0.05, 0.1) is 10.6 Å². The van der Waals surface area contributed by atoms with Crippen molar-refractivity contribution in [2.45, 2.75) is 44.2 Å². The van der Waals surface area contributed by atoms with Crippen molar-refractivity contribution in [2.75, 3.05) is 17.4 Å². The minimum Gasteiger partial charge on any atom is -0.457 e. The average molecular weight is 618 g/mol. The van der Waals surface area contributed by atoms with Gasteiger partial charge in [-0.25, -0.2) is 12.8 Å². The van der Waals surface area contributed by atoms with E-state index in [1.165, 1.54) is 41.3 Å². The molecule has 0 fully saturated rings. The molecule has 0 heterocycles. The smallest absolute Gasteiger partial charge is 0.264 e. The molecule has 0 aliphatic carbocycles. The zero-order chi connectivity index (χ0) is 31.5. The van der Waals surface area contributed by atoms with Crippen molar-refractivity contribution >= 4 is 27.5 Å².